The van der Waals surface area contributed by atoms with Crippen LogP contribution in [0.25, 0.3) is 22.2 Å². The predicted octanol–water partition coefficient (Wildman–Crippen LogP) is 7.00. The lowest BCUT2D eigenvalue weighted by molar-refractivity contribution is -0.122. The van der Waals surface area contributed by atoms with Gasteiger partial charge in [-0.25, -0.2) is 4.98 Å². The van der Waals surface area contributed by atoms with Gasteiger partial charge in [0.15, 0.2) is 0 Å². The second-order valence-corrected chi connectivity index (χ2v) is 14.3. The van der Waals surface area contributed by atoms with E-state index in [1.54, 1.807) is 26.0 Å². The number of ether oxygens (including phenoxy) is 2. The van der Waals surface area contributed by atoms with Crippen molar-refractivity contribution in [2.24, 2.45) is 5.41 Å². The minimum absolute atomic E-state index is 0.145. The normalized spacial score (nSPS) is 12.2. The first kappa shape index (κ1) is 36.8. The first-order valence-electron chi connectivity index (χ1n) is 16.5. The Hall–Kier alpha value is -4.08. The minimum Gasteiger partial charge on any atom is -0.497 e. The van der Waals surface area contributed by atoms with Gasteiger partial charge >= 0.3 is 0 Å². The fourth-order valence-electron chi connectivity index (χ4n) is 5.70. The first-order valence-corrected chi connectivity index (χ1v) is 17.7. The molecule has 0 saturated heterocycles. The summed E-state index contributed by atoms with van der Waals surface area (Å²) >= 11 is 1.61. The van der Waals surface area contributed by atoms with Crippen LogP contribution in [0.4, 0.5) is 0 Å². The van der Waals surface area contributed by atoms with E-state index in [1.807, 2.05) is 74.8 Å². The molecule has 0 saturated carbocycles. The Morgan fingerprint density at radius 2 is 1.56 bits per heavy atom. The summed E-state index contributed by atoms with van der Waals surface area (Å²) in [5.41, 5.74) is 4.90. The zero-order chi connectivity index (χ0) is 34.7. The van der Waals surface area contributed by atoms with E-state index < -0.39 is 6.04 Å². The Bertz CT molecular complexity index is 1660. The number of rotatable bonds is 17. The number of unbranched alkanes of at least 4 members (excludes halogenated alkanes) is 1. The molecule has 4 aromatic rings. The summed E-state index contributed by atoms with van der Waals surface area (Å²) in [5, 5.41) is 7.02. The van der Waals surface area contributed by atoms with Gasteiger partial charge in [0.2, 0.25) is 5.91 Å². The van der Waals surface area contributed by atoms with E-state index in [-0.39, 0.29) is 17.2 Å². The second kappa shape index (κ2) is 17.4. The highest BCUT2D eigenvalue weighted by atomic mass is 32.2. The van der Waals surface area contributed by atoms with Gasteiger partial charge in [0.05, 0.1) is 31.0 Å². The van der Waals surface area contributed by atoms with Crippen molar-refractivity contribution in [2.45, 2.75) is 51.8 Å². The molecule has 0 radical (unpaired) electrons. The molecule has 2 N–H and O–H groups in total. The van der Waals surface area contributed by atoms with Crippen LogP contribution in [0, 0.1) is 5.41 Å². The van der Waals surface area contributed by atoms with Crippen LogP contribution in [0.3, 0.4) is 0 Å². The van der Waals surface area contributed by atoms with Crippen molar-refractivity contribution in [2.75, 3.05) is 47.2 Å². The molecular weight excluding hydrogens is 621 g/mol. The molecular formula is C39H50N4O4S. The van der Waals surface area contributed by atoms with Crippen LogP contribution in [-0.4, -0.2) is 74.9 Å². The molecule has 9 heteroatoms. The zero-order valence-electron chi connectivity index (χ0n) is 29.4. The molecule has 2 amide bonds. The number of nitrogens with one attached hydrogen (secondary N) is 2. The van der Waals surface area contributed by atoms with E-state index in [0.29, 0.717) is 29.3 Å². The van der Waals surface area contributed by atoms with E-state index in [1.165, 1.54) is 0 Å². The van der Waals surface area contributed by atoms with Crippen molar-refractivity contribution < 1.29 is 19.1 Å². The second-order valence-electron chi connectivity index (χ2n) is 13.2. The fraction of sp³-hybridized carbons (Fsp3) is 0.410. The molecule has 1 heterocycles. The topological polar surface area (TPSA) is 92.8 Å². The van der Waals surface area contributed by atoms with E-state index in [4.69, 9.17) is 14.5 Å². The molecule has 1 aromatic heterocycles. The monoisotopic (exact) mass is 670 g/mol. The molecule has 0 aliphatic heterocycles. The predicted molar refractivity (Wildman–Crippen MR) is 198 cm³/mol. The third kappa shape index (κ3) is 10.5. The largest absolute Gasteiger partial charge is 0.497 e. The van der Waals surface area contributed by atoms with Gasteiger partial charge in [0, 0.05) is 35.5 Å². The lowest BCUT2D eigenvalue weighted by atomic mass is 9.93. The molecule has 1 unspecified atom stereocenters. The van der Waals surface area contributed by atoms with Crippen LogP contribution >= 0.6 is 11.8 Å². The van der Waals surface area contributed by atoms with Crippen LogP contribution in [0.15, 0.2) is 72.8 Å². The van der Waals surface area contributed by atoms with Gasteiger partial charge < -0.3 is 25.0 Å². The van der Waals surface area contributed by atoms with Crippen molar-refractivity contribution in [3.63, 3.8) is 0 Å². The van der Waals surface area contributed by atoms with Crippen LogP contribution in [0.5, 0.6) is 11.5 Å². The third-order valence-corrected chi connectivity index (χ3v) is 9.25. The summed E-state index contributed by atoms with van der Waals surface area (Å²) in [6.07, 6.45) is 3.06. The van der Waals surface area contributed by atoms with E-state index in [0.717, 1.165) is 64.9 Å². The van der Waals surface area contributed by atoms with Crippen LogP contribution in [0.1, 0.15) is 55.1 Å². The third-order valence-electron chi connectivity index (χ3n) is 8.14. The number of pyridine rings is 1. The molecule has 0 aliphatic carbocycles. The fourth-order valence-corrected chi connectivity index (χ4v) is 6.72. The van der Waals surface area contributed by atoms with Gasteiger partial charge in [-0.05, 0) is 98.1 Å². The number of aryl methyl sites for hydroxylation is 1. The Morgan fingerprint density at radius 3 is 2.19 bits per heavy atom. The Morgan fingerprint density at radius 1 is 0.917 bits per heavy atom. The van der Waals surface area contributed by atoms with Gasteiger partial charge in [-0.15, -0.1) is 0 Å². The maximum absolute atomic E-state index is 14.3. The van der Waals surface area contributed by atoms with Crippen LogP contribution < -0.4 is 20.1 Å². The average Bonchev–Trinajstić information content (AvgIpc) is 3.08. The number of thioether (sulfide) groups is 1. The molecule has 1 atom stereocenters. The summed E-state index contributed by atoms with van der Waals surface area (Å²) in [5.74, 6) is 2.14. The lowest BCUT2D eigenvalue weighted by Crippen LogP contribution is -2.51. The highest BCUT2D eigenvalue weighted by Crippen LogP contribution is 2.28. The van der Waals surface area contributed by atoms with E-state index >= 15 is 0 Å². The molecule has 4 rings (SSSR count). The lowest BCUT2D eigenvalue weighted by Gasteiger charge is -2.29. The van der Waals surface area contributed by atoms with Crippen molar-refractivity contribution in [3.8, 4) is 22.8 Å². The Kier molecular flexibility index (Phi) is 13.3. The number of nitrogens with zero attached hydrogens (tertiary/aromatic N) is 2. The quantitative estimate of drug-likeness (QED) is 0.125. The average molecular weight is 671 g/mol. The molecule has 48 heavy (non-hydrogen) atoms. The van der Waals surface area contributed by atoms with E-state index in [9.17, 15) is 9.59 Å². The highest BCUT2D eigenvalue weighted by Gasteiger charge is 2.26. The Labute approximate surface area is 290 Å². The molecule has 8 nitrogen and oxygen atoms in total. The summed E-state index contributed by atoms with van der Waals surface area (Å²) < 4.78 is 10.6. The van der Waals surface area contributed by atoms with Gasteiger partial charge in [-0.2, -0.15) is 11.8 Å². The van der Waals surface area contributed by atoms with Gasteiger partial charge in [0.25, 0.3) is 5.91 Å². The maximum Gasteiger partial charge on any atom is 0.252 e. The smallest absolute Gasteiger partial charge is 0.252 e. The van der Waals surface area contributed by atoms with E-state index in [2.05, 4.69) is 48.4 Å². The van der Waals surface area contributed by atoms with Crippen molar-refractivity contribution in [1.29, 1.82) is 0 Å². The highest BCUT2D eigenvalue weighted by molar-refractivity contribution is 7.98. The standard InChI is InChI=1S/C39H50N4O4S/c1-8-9-10-27-13-20-34-32(21-27)33(22-35(41-34)29-14-18-31(47-7)19-15-29)37(44)42-36(38(45)40-25-39(2,3)26-43(4)5)24-48-23-28-11-16-30(46-6)17-12-28/h11-22,36H,8-10,23-26H2,1-7H3,(H,40,45)(H,42,44). The minimum atomic E-state index is -0.744. The van der Waals surface area contributed by atoms with Crippen LogP contribution in [0.2, 0.25) is 0 Å². The summed E-state index contributed by atoms with van der Waals surface area (Å²) in [6, 6.07) is 22.8. The molecule has 3 aromatic carbocycles. The van der Waals surface area contributed by atoms with Crippen molar-refractivity contribution in [1.82, 2.24) is 20.5 Å². The molecule has 0 spiro atoms. The molecule has 0 fully saturated rings. The SMILES string of the molecule is CCCCc1ccc2nc(-c3ccc(OC)cc3)cc(C(=O)NC(CSCc3ccc(OC)cc3)C(=O)NCC(C)(C)CN(C)C)c2c1. The van der Waals surface area contributed by atoms with Crippen molar-refractivity contribution in [3.05, 3.63) is 89.5 Å². The number of benzene rings is 3. The molecule has 0 bridgehead atoms. The number of hydrogen-bond donors (Lipinski definition) is 2. The van der Waals surface area contributed by atoms with Gasteiger partial charge in [-0.1, -0.05) is 45.4 Å². The summed E-state index contributed by atoms with van der Waals surface area (Å²) in [4.78, 5) is 35.1. The van der Waals surface area contributed by atoms with Gasteiger partial charge in [0.1, 0.15) is 17.5 Å². The number of carbonyl (C=O) groups is 2. The zero-order valence-corrected chi connectivity index (χ0v) is 30.2. The van der Waals surface area contributed by atoms with Gasteiger partial charge in [-0.3, -0.25) is 9.59 Å². The molecule has 256 valence electrons. The molecule has 0 aliphatic rings. The maximum atomic E-state index is 14.3. The Balaban J connectivity index is 1.64. The number of amides is 2. The number of aromatic nitrogens is 1. The number of carbonyl (C=O) groups excluding carboxylic acids is 2. The summed E-state index contributed by atoms with van der Waals surface area (Å²) in [6.45, 7) is 7.72. The number of fused-ring (bicyclic) bond motifs is 1. The summed E-state index contributed by atoms with van der Waals surface area (Å²) in [7, 11) is 7.32. The number of methoxy groups -OCH3 is 2. The number of hydrogen-bond acceptors (Lipinski definition) is 7. The van der Waals surface area contributed by atoms with Crippen molar-refractivity contribution >= 4 is 34.5 Å². The van der Waals surface area contributed by atoms with Crippen LogP contribution in [-0.2, 0) is 17.0 Å². The first-order chi connectivity index (χ1) is 23.0.